The number of halogens is 2. The molecule has 3 rings (SSSR count). The van der Waals surface area contributed by atoms with E-state index in [9.17, 15) is 8.78 Å². The van der Waals surface area contributed by atoms with Gasteiger partial charge in [0.1, 0.15) is 0 Å². The molecule has 0 amide bonds. The van der Waals surface area contributed by atoms with Crippen molar-refractivity contribution in [2.24, 2.45) is 7.05 Å². The summed E-state index contributed by atoms with van der Waals surface area (Å²) < 4.78 is 28.8. The minimum atomic E-state index is -2.49. The molecule has 22 heavy (non-hydrogen) atoms. The maximum Gasteiger partial charge on any atom is 0.264 e. The Morgan fingerprint density at radius 1 is 1.36 bits per heavy atom. The summed E-state index contributed by atoms with van der Waals surface area (Å²) in [6.45, 7) is 6.01. The molecule has 1 aliphatic rings. The molecule has 1 aromatic heterocycles. The molecule has 0 unspecified atom stereocenters. The first-order valence-electron chi connectivity index (χ1n) is 7.71. The first-order chi connectivity index (χ1) is 10.5. The van der Waals surface area contributed by atoms with Gasteiger partial charge in [-0.1, -0.05) is 6.92 Å². The first-order valence-corrected chi connectivity index (χ1v) is 7.71. The van der Waals surface area contributed by atoms with Gasteiger partial charge in [0.05, 0.1) is 6.20 Å². The number of fused-ring (bicyclic) bond motifs is 1. The number of aryl methyl sites for hydroxylation is 1. The van der Waals surface area contributed by atoms with Crippen LogP contribution in [0.3, 0.4) is 0 Å². The largest absolute Gasteiger partial charge is 0.372 e. The molecule has 1 aliphatic heterocycles. The molecular weight excluding hydrogens is 284 g/mol. The lowest BCUT2D eigenvalue weighted by Gasteiger charge is -2.35. The summed E-state index contributed by atoms with van der Waals surface area (Å²) >= 11 is 0. The van der Waals surface area contributed by atoms with Gasteiger partial charge in [-0.2, -0.15) is 5.10 Å². The number of alkyl halides is 2. The number of aromatic nitrogens is 2. The normalized spacial score (nSPS) is 17.9. The van der Waals surface area contributed by atoms with Crippen molar-refractivity contribution in [1.29, 1.82) is 0 Å². The van der Waals surface area contributed by atoms with E-state index in [0.717, 1.165) is 36.3 Å². The zero-order chi connectivity index (χ0) is 15.9. The van der Waals surface area contributed by atoms with Gasteiger partial charge >= 0.3 is 0 Å². The molecule has 3 nitrogen and oxygen atoms in total. The maximum absolute atomic E-state index is 13.6. The number of hydrogen-bond donors (Lipinski definition) is 0. The van der Waals surface area contributed by atoms with Crippen LogP contribution in [0.1, 0.15) is 43.7 Å². The topological polar surface area (TPSA) is 21.1 Å². The molecular formula is C17H21F2N3. The summed E-state index contributed by atoms with van der Waals surface area (Å²) in [5.74, 6) is 0.389. The zero-order valence-electron chi connectivity index (χ0n) is 13.2. The van der Waals surface area contributed by atoms with E-state index < -0.39 is 6.43 Å². The Labute approximate surface area is 129 Å². The van der Waals surface area contributed by atoms with Gasteiger partial charge in [0.2, 0.25) is 0 Å². The average Bonchev–Trinajstić information content (AvgIpc) is 2.93. The van der Waals surface area contributed by atoms with Crippen molar-refractivity contribution in [2.75, 3.05) is 18.0 Å². The van der Waals surface area contributed by atoms with Crippen molar-refractivity contribution in [3.05, 3.63) is 35.7 Å². The first kappa shape index (κ1) is 15.0. The van der Waals surface area contributed by atoms with Crippen LogP contribution in [0.15, 0.2) is 24.5 Å². The van der Waals surface area contributed by atoms with E-state index in [2.05, 4.69) is 23.8 Å². The molecule has 2 aromatic rings. The second-order valence-electron chi connectivity index (χ2n) is 5.97. The van der Waals surface area contributed by atoms with Crippen LogP contribution < -0.4 is 4.90 Å². The molecule has 0 aliphatic carbocycles. The number of hydrogen-bond acceptors (Lipinski definition) is 2. The summed E-state index contributed by atoms with van der Waals surface area (Å²) in [4.78, 5) is 2.19. The van der Waals surface area contributed by atoms with Crippen molar-refractivity contribution in [1.82, 2.24) is 9.78 Å². The summed E-state index contributed by atoms with van der Waals surface area (Å²) in [5.41, 5.74) is 3.58. The van der Waals surface area contributed by atoms with Crippen LogP contribution in [-0.4, -0.2) is 22.9 Å². The lowest BCUT2D eigenvalue weighted by Crippen LogP contribution is -2.30. The van der Waals surface area contributed by atoms with Crippen molar-refractivity contribution >= 4 is 5.69 Å². The van der Waals surface area contributed by atoms with Gasteiger partial charge < -0.3 is 4.90 Å². The molecule has 1 atom stereocenters. The Hall–Kier alpha value is -1.91. The number of nitrogens with zero attached hydrogens (tertiary/aromatic N) is 3. The maximum atomic E-state index is 13.6. The quantitative estimate of drug-likeness (QED) is 0.840. The van der Waals surface area contributed by atoms with E-state index in [1.807, 2.05) is 6.07 Å². The third-order valence-corrected chi connectivity index (χ3v) is 4.54. The summed E-state index contributed by atoms with van der Waals surface area (Å²) in [5, 5.41) is 4.12. The highest BCUT2D eigenvalue weighted by atomic mass is 19.3. The van der Waals surface area contributed by atoms with Crippen LogP contribution in [0, 0.1) is 0 Å². The molecule has 0 saturated heterocycles. The Kier molecular flexibility index (Phi) is 3.89. The predicted molar refractivity (Wildman–Crippen MR) is 84.5 cm³/mol. The van der Waals surface area contributed by atoms with Gasteiger partial charge in [0.15, 0.2) is 0 Å². The van der Waals surface area contributed by atoms with Gasteiger partial charge in [0, 0.05) is 43.1 Å². The van der Waals surface area contributed by atoms with Crippen LogP contribution >= 0.6 is 0 Å². The fourth-order valence-corrected chi connectivity index (χ4v) is 3.23. The second kappa shape index (κ2) is 5.71. The van der Waals surface area contributed by atoms with Gasteiger partial charge in [-0.3, -0.25) is 4.68 Å². The van der Waals surface area contributed by atoms with E-state index in [4.69, 9.17) is 0 Å². The second-order valence-corrected chi connectivity index (χ2v) is 5.97. The van der Waals surface area contributed by atoms with Crippen LogP contribution in [0.5, 0.6) is 0 Å². The van der Waals surface area contributed by atoms with E-state index >= 15 is 0 Å². The summed E-state index contributed by atoms with van der Waals surface area (Å²) in [6, 6.07) is 3.63. The molecule has 0 N–H and O–H groups in total. The molecule has 5 heteroatoms. The molecule has 0 spiro atoms. The van der Waals surface area contributed by atoms with E-state index in [0.29, 0.717) is 11.5 Å². The summed E-state index contributed by atoms with van der Waals surface area (Å²) in [7, 11) is 1.80. The third-order valence-electron chi connectivity index (χ3n) is 4.54. The molecule has 118 valence electrons. The van der Waals surface area contributed by atoms with Crippen molar-refractivity contribution in [2.45, 2.75) is 32.6 Å². The number of benzene rings is 1. The fraction of sp³-hybridized carbons (Fsp3) is 0.471. The Morgan fingerprint density at radius 2 is 2.14 bits per heavy atom. The van der Waals surface area contributed by atoms with Crippen molar-refractivity contribution in [3.8, 4) is 11.1 Å². The molecule has 2 heterocycles. The summed E-state index contributed by atoms with van der Waals surface area (Å²) in [6.07, 6.45) is 2.01. The van der Waals surface area contributed by atoms with Gasteiger partial charge in [-0.25, -0.2) is 8.78 Å². The van der Waals surface area contributed by atoms with Gasteiger partial charge in [0.25, 0.3) is 6.43 Å². The number of anilines is 1. The number of rotatable bonds is 3. The Balaban J connectivity index is 2.20. The zero-order valence-corrected chi connectivity index (χ0v) is 13.2. The van der Waals surface area contributed by atoms with Gasteiger partial charge in [-0.05, 0) is 42.5 Å². The third kappa shape index (κ3) is 2.49. The average molecular weight is 305 g/mol. The lowest BCUT2D eigenvalue weighted by atomic mass is 9.87. The monoisotopic (exact) mass is 305 g/mol. The molecule has 0 saturated carbocycles. The lowest BCUT2D eigenvalue weighted by molar-refractivity contribution is 0.152. The van der Waals surface area contributed by atoms with E-state index in [-0.39, 0.29) is 5.56 Å². The standard InChI is InChI=1S/C17H21F2N3/c1-4-22-6-5-11(2)13-7-14(12-9-20-21(3)10-12)15(17(18)19)8-16(13)22/h7-11,17H,4-6H2,1-3H3/t11-/m0/s1. The van der Waals surface area contributed by atoms with Gasteiger partial charge in [-0.15, -0.1) is 0 Å². The van der Waals surface area contributed by atoms with Crippen molar-refractivity contribution < 1.29 is 8.78 Å². The van der Waals surface area contributed by atoms with Crippen LogP contribution in [0.2, 0.25) is 0 Å². The van der Waals surface area contributed by atoms with Crippen LogP contribution in [0.4, 0.5) is 14.5 Å². The molecule has 0 radical (unpaired) electrons. The highest BCUT2D eigenvalue weighted by Gasteiger charge is 2.26. The van der Waals surface area contributed by atoms with E-state index in [1.54, 1.807) is 30.2 Å². The van der Waals surface area contributed by atoms with Crippen molar-refractivity contribution in [3.63, 3.8) is 0 Å². The molecule has 0 bridgehead atoms. The molecule has 0 fully saturated rings. The highest BCUT2D eigenvalue weighted by Crippen LogP contribution is 2.42. The fourth-order valence-electron chi connectivity index (χ4n) is 3.23. The Bertz CT molecular complexity index is 679. The van der Waals surface area contributed by atoms with Crippen LogP contribution in [0.25, 0.3) is 11.1 Å². The molecule has 1 aromatic carbocycles. The van der Waals surface area contributed by atoms with E-state index in [1.165, 1.54) is 0 Å². The van der Waals surface area contributed by atoms with Crippen LogP contribution in [-0.2, 0) is 7.05 Å². The minimum Gasteiger partial charge on any atom is -0.372 e. The SMILES string of the molecule is CCN1CC[C@H](C)c2cc(-c3cnn(C)c3)c(C(F)F)cc21. The Morgan fingerprint density at radius 3 is 2.73 bits per heavy atom. The highest BCUT2D eigenvalue weighted by molar-refractivity contribution is 5.73. The minimum absolute atomic E-state index is 0.0966. The smallest absolute Gasteiger partial charge is 0.264 e. The predicted octanol–water partition coefficient (Wildman–Crippen LogP) is 4.36.